The molecule has 0 saturated heterocycles. The Labute approximate surface area is 422 Å². The molecule has 2 atom stereocenters. The number of nitrogens with zero attached hydrogens (tertiary/aromatic N) is 2. The second kappa shape index (κ2) is 23.6. The molecular formula is C58H72Cl2N2S4. The van der Waals surface area contributed by atoms with Crippen LogP contribution in [0.15, 0.2) is 71.4 Å². The highest BCUT2D eigenvalue weighted by Crippen LogP contribution is 2.49. The minimum atomic E-state index is 0.572. The number of fused-ring (bicyclic) bond motifs is 5. The van der Waals surface area contributed by atoms with Crippen LogP contribution in [0.1, 0.15) is 155 Å². The fourth-order valence-electron chi connectivity index (χ4n) is 10.3. The first kappa shape index (κ1) is 49.6. The lowest BCUT2D eigenvalue weighted by Gasteiger charge is -2.19. The van der Waals surface area contributed by atoms with Gasteiger partial charge in [0.15, 0.2) is 0 Å². The van der Waals surface area contributed by atoms with E-state index in [1.165, 1.54) is 174 Å². The number of benzene rings is 2. The van der Waals surface area contributed by atoms with Crippen LogP contribution in [-0.2, 0) is 25.9 Å². The number of aromatic nitrogens is 2. The van der Waals surface area contributed by atoms with Crippen LogP contribution in [-0.4, -0.2) is 9.13 Å². The van der Waals surface area contributed by atoms with Crippen molar-refractivity contribution in [2.24, 2.45) is 11.8 Å². The summed E-state index contributed by atoms with van der Waals surface area (Å²) in [4.78, 5) is 8.07. The number of rotatable bonds is 26. The van der Waals surface area contributed by atoms with Crippen molar-refractivity contribution < 1.29 is 0 Å². The van der Waals surface area contributed by atoms with Gasteiger partial charge in [-0.3, -0.25) is 0 Å². The highest BCUT2D eigenvalue weighted by Gasteiger charge is 2.27. The Hall–Kier alpha value is -2.84. The van der Waals surface area contributed by atoms with E-state index in [2.05, 4.69) is 122 Å². The molecule has 2 unspecified atom stereocenters. The van der Waals surface area contributed by atoms with Gasteiger partial charge >= 0.3 is 0 Å². The van der Waals surface area contributed by atoms with Gasteiger partial charge in [0.2, 0.25) is 0 Å². The summed E-state index contributed by atoms with van der Waals surface area (Å²) in [5.41, 5.74) is 10.5. The monoisotopic (exact) mass is 994 g/mol. The Morgan fingerprint density at radius 2 is 0.909 bits per heavy atom. The molecule has 2 aromatic carbocycles. The van der Waals surface area contributed by atoms with E-state index in [-0.39, 0.29) is 0 Å². The first-order chi connectivity index (χ1) is 32.3. The molecule has 0 N–H and O–H groups in total. The summed E-state index contributed by atoms with van der Waals surface area (Å²) in [5.74, 6) is 1.14. The lowest BCUT2D eigenvalue weighted by atomic mass is 9.98. The van der Waals surface area contributed by atoms with Crippen LogP contribution in [0.3, 0.4) is 0 Å². The van der Waals surface area contributed by atoms with Crippen LogP contribution in [0.5, 0.6) is 0 Å². The topological polar surface area (TPSA) is 9.86 Å². The smallest absolute Gasteiger partial charge is 0.0754 e. The maximum Gasteiger partial charge on any atom is 0.0754 e. The highest BCUT2D eigenvalue weighted by atomic mass is 35.5. The number of hydrogen-bond acceptors (Lipinski definition) is 4. The van der Waals surface area contributed by atoms with Gasteiger partial charge in [-0.2, -0.15) is 0 Å². The Kier molecular flexibility index (Phi) is 17.8. The molecule has 0 aliphatic carbocycles. The first-order valence-corrected chi connectivity index (χ1v) is 29.8. The van der Waals surface area contributed by atoms with Crippen molar-refractivity contribution in [1.82, 2.24) is 9.13 Å². The second-order valence-corrected chi connectivity index (χ2v) is 23.8. The van der Waals surface area contributed by atoms with Crippen molar-refractivity contribution in [3.63, 3.8) is 0 Å². The lowest BCUT2D eigenvalue weighted by Crippen LogP contribution is -2.10. The molecule has 0 spiro atoms. The highest BCUT2D eigenvalue weighted by molar-refractivity contribution is 7.24. The summed E-state index contributed by atoms with van der Waals surface area (Å²) in [6.45, 7) is 16.0. The molecule has 8 aromatic rings. The summed E-state index contributed by atoms with van der Waals surface area (Å²) in [7, 11) is 0. The van der Waals surface area contributed by atoms with Crippen LogP contribution in [0.4, 0.5) is 0 Å². The molecule has 8 heteroatoms. The standard InChI is InChI=1S/C58H72Cl2N2S4/c1-7-13-17-19-25-41-31-53(51-27-21-29-63-51)65-57(41)43-35-49-45(33-47(43)59)55-56(61(49)37-39(11-5)23-15-9-3)46-34-48(60)44(36-50(46)62(55)38-40(12-6)24-16-10-4)58-42(26-20-18-14-8-2)32-54(66-58)52-28-22-30-64-52/h21-22,27-36,39-40H,7-20,23-26,37-38H2,1-6H3. The Balaban J connectivity index is 1.38. The third-order valence-corrected chi connectivity index (χ3v) is 19.4. The van der Waals surface area contributed by atoms with Crippen LogP contribution >= 0.6 is 68.5 Å². The van der Waals surface area contributed by atoms with E-state index in [0.717, 1.165) is 48.8 Å². The Morgan fingerprint density at radius 3 is 1.27 bits per heavy atom. The molecule has 0 saturated carbocycles. The average molecular weight is 996 g/mol. The van der Waals surface area contributed by atoms with Gasteiger partial charge in [-0.15, -0.1) is 45.3 Å². The number of unbranched alkanes of at least 4 members (excludes halogenated alkanes) is 8. The van der Waals surface area contributed by atoms with Gasteiger partial charge in [0.05, 0.1) is 32.1 Å². The predicted molar refractivity (Wildman–Crippen MR) is 301 cm³/mol. The number of hydrogen-bond donors (Lipinski definition) is 0. The summed E-state index contributed by atoms with van der Waals surface area (Å²) in [6, 6.07) is 23.5. The van der Waals surface area contributed by atoms with Gasteiger partial charge in [0.1, 0.15) is 0 Å². The van der Waals surface area contributed by atoms with Gasteiger partial charge in [-0.1, -0.05) is 154 Å². The molecule has 0 amide bonds. The van der Waals surface area contributed by atoms with E-state index in [9.17, 15) is 0 Å². The summed E-state index contributed by atoms with van der Waals surface area (Å²) >= 11 is 23.0. The van der Waals surface area contributed by atoms with Crippen molar-refractivity contribution in [3.05, 3.63) is 92.6 Å². The SMILES string of the molecule is CCCCCCc1cc(-c2cccs2)sc1-c1cc2c(cc1Cl)c1c(c3cc(Cl)c(-c4sc(-c5cccs5)cc4CCCCCC)cc3n1CC(CC)CCCC)n2CC(CC)CCCC. The van der Waals surface area contributed by atoms with Gasteiger partial charge in [0.25, 0.3) is 0 Å². The maximum absolute atomic E-state index is 7.72. The van der Waals surface area contributed by atoms with Crippen LogP contribution in [0.25, 0.3) is 73.2 Å². The molecule has 6 aromatic heterocycles. The van der Waals surface area contributed by atoms with Crippen molar-refractivity contribution in [2.75, 3.05) is 0 Å². The zero-order valence-corrected chi connectivity index (χ0v) is 45.3. The molecule has 6 heterocycles. The number of thiophene rings is 4. The minimum Gasteiger partial charge on any atom is -0.338 e. The normalized spacial score (nSPS) is 13.0. The van der Waals surface area contributed by atoms with Crippen LogP contribution < -0.4 is 0 Å². The van der Waals surface area contributed by atoms with E-state index in [1.807, 2.05) is 45.3 Å². The fourth-order valence-corrected chi connectivity index (χ4v) is 15.1. The van der Waals surface area contributed by atoms with E-state index in [4.69, 9.17) is 23.2 Å². The molecule has 0 fully saturated rings. The average Bonchev–Trinajstić information content (AvgIpc) is 4.20. The number of halogens is 2. The maximum atomic E-state index is 7.72. The largest absolute Gasteiger partial charge is 0.338 e. The minimum absolute atomic E-state index is 0.572. The van der Waals surface area contributed by atoms with E-state index in [0.29, 0.717) is 11.8 Å². The van der Waals surface area contributed by atoms with E-state index >= 15 is 0 Å². The molecule has 2 nitrogen and oxygen atoms in total. The third-order valence-electron chi connectivity index (χ3n) is 14.2. The Morgan fingerprint density at radius 1 is 0.485 bits per heavy atom. The van der Waals surface area contributed by atoms with Crippen molar-refractivity contribution in [3.8, 4) is 40.4 Å². The molecule has 66 heavy (non-hydrogen) atoms. The van der Waals surface area contributed by atoms with Crippen molar-refractivity contribution >= 4 is 101 Å². The van der Waals surface area contributed by atoms with Gasteiger partial charge in [-0.25, -0.2) is 0 Å². The van der Waals surface area contributed by atoms with Crippen LogP contribution in [0, 0.1) is 11.8 Å². The van der Waals surface area contributed by atoms with Crippen molar-refractivity contribution in [2.45, 2.75) is 170 Å². The van der Waals surface area contributed by atoms with Gasteiger partial charge in [0, 0.05) is 64.3 Å². The van der Waals surface area contributed by atoms with Gasteiger partial charge < -0.3 is 9.13 Å². The van der Waals surface area contributed by atoms with Gasteiger partial charge in [-0.05, 0) is 121 Å². The Bertz CT molecular complexity index is 2590. The quantitative estimate of drug-likeness (QED) is 0.0479. The second-order valence-electron chi connectivity index (χ2n) is 19.0. The summed E-state index contributed by atoms with van der Waals surface area (Å²) in [5, 5.41) is 8.66. The lowest BCUT2D eigenvalue weighted by molar-refractivity contribution is 0.399. The molecule has 352 valence electrons. The van der Waals surface area contributed by atoms with E-state index in [1.54, 1.807) is 0 Å². The molecule has 0 aliphatic heterocycles. The van der Waals surface area contributed by atoms with Crippen LogP contribution in [0.2, 0.25) is 10.0 Å². The molecule has 0 radical (unpaired) electrons. The first-order valence-electron chi connectivity index (χ1n) is 25.6. The van der Waals surface area contributed by atoms with E-state index < -0.39 is 0 Å². The number of aryl methyl sites for hydroxylation is 2. The predicted octanol–water partition coefficient (Wildman–Crippen LogP) is 21.6. The zero-order chi connectivity index (χ0) is 46.2. The molecule has 8 rings (SSSR count). The third kappa shape index (κ3) is 10.8. The molecule has 0 bridgehead atoms. The summed E-state index contributed by atoms with van der Waals surface area (Å²) < 4.78 is 5.45. The fraction of sp³-hybridized carbons (Fsp3) is 0.483. The summed E-state index contributed by atoms with van der Waals surface area (Å²) in [6.07, 6.45) is 21.9. The zero-order valence-electron chi connectivity index (χ0n) is 40.5. The molecular weight excluding hydrogens is 924 g/mol. The van der Waals surface area contributed by atoms with Crippen molar-refractivity contribution in [1.29, 1.82) is 0 Å². The molecule has 0 aliphatic rings.